The summed E-state index contributed by atoms with van der Waals surface area (Å²) in [6, 6.07) is 10.9. The molecule has 0 spiro atoms. The standard InChI is InChI=1S/C21H22N2O6S/c1-13-9-17(30(26,27)23(3)4)11-18(14(13)2)22-20(24)12-28-16-7-5-15-6-8-21(25)29-19(15)10-16/h5-11H,12H2,1-4H3,(H,22,24). The van der Waals surface area contributed by atoms with Crippen LogP contribution >= 0.6 is 0 Å². The Morgan fingerprint density at radius 2 is 1.80 bits per heavy atom. The van der Waals surface area contributed by atoms with Crippen molar-refractivity contribution in [2.45, 2.75) is 18.7 Å². The Bertz CT molecular complexity index is 1280. The number of carbonyl (C=O) groups excluding carboxylic acids is 1. The number of anilines is 1. The molecule has 8 nitrogen and oxygen atoms in total. The first-order valence-corrected chi connectivity index (χ1v) is 10.5. The fourth-order valence-electron chi connectivity index (χ4n) is 2.78. The average Bonchev–Trinajstić information content (AvgIpc) is 2.69. The summed E-state index contributed by atoms with van der Waals surface area (Å²) in [6.07, 6.45) is 0. The van der Waals surface area contributed by atoms with E-state index in [4.69, 9.17) is 9.15 Å². The number of ether oxygens (including phenoxy) is 1. The number of sulfonamides is 1. The minimum absolute atomic E-state index is 0.0939. The number of nitrogens with one attached hydrogen (secondary N) is 1. The number of hydrogen-bond acceptors (Lipinski definition) is 6. The van der Waals surface area contributed by atoms with Crippen molar-refractivity contribution >= 4 is 32.6 Å². The van der Waals surface area contributed by atoms with Gasteiger partial charge in [-0.3, -0.25) is 4.79 Å². The van der Waals surface area contributed by atoms with Gasteiger partial charge in [0.15, 0.2) is 6.61 Å². The molecule has 0 saturated carbocycles. The van der Waals surface area contributed by atoms with Crippen LogP contribution in [0.2, 0.25) is 0 Å². The monoisotopic (exact) mass is 430 g/mol. The van der Waals surface area contributed by atoms with Crippen LogP contribution in [0.4, 0.5) is 5.69 Å². The molecule has 1 aromatic heterocycles. The number of carbonyl (C=O) groups is 1. The molecule has 0 aliphatic carbocycles. The molecule has 0 aliphatic rings. The summed E-state index contributed by atoms with van der Waals surface area (Å²) < 4.78 is 36.6. The molecular formula is C21H22N2O6S. The minimum Gasteiger partial charge on any atom is -0.484 e. The van der Waals surface area contributed by atoms with Crippen molar-refractivity contribution in [3.05, 3.63) is 64.0 Å². The number of benzene rings is 2. The van der Waals surface area contributed by atoms with E-state index in [0.29, 0.717) is 17.0 Å². The molecule has 0 unspecified atom stereocenters. The highest BCUT2D eigenvalue weighted by atomic mass is 32.2. The van der Waals surface area contributed by atoms with Crippen molar-refractivity contribution in [3.63, 3.8) is 0 Å². The summed E-state index contributed by atoms with van der Waals surface area (Å²) in [7, 11) is -0.746. The molecule has 158 valence electrons. The first-order chi connectivity index (χ1) is 14.1. The zero-order valence-electron chi connectivity index (χ0n) is 17.1. The van der Waals surface area contributed by atoms with Crippen LogP contribution in [0.15, 0.2) is 56.6 Å². The van der Waals surface area contributed by atoms with Crippen molar-refractivity contribution in [1.82, 2.24) is 4.31 Å². The van der Waals surface area contributed by atoms with Gasteiger partial charge in [-0.2, -0.15) is 0 Å². The van der Waals surface area contributed by atoms with Gasteiger partial charge in [0.2, 0.25) is 10.0 Å². The lowest BCUT2D eigenvalue weighted by Crippen LogP contribution is -2.24. The molecule has 0 saturated heterocycles. The van der Waals surface area contributed by atoms with E-state index < -0.39 is 21.6 Å². The SMILES string of the molecule is Cc1cc(S(=O)(=O)N(C)C)cc(NC(=O)COc2ccc3ccc(=O)oc3c2)c1C. The number of nitrogens with zero attached hydrogens (tertiary/aromatic N) is 1. The van der Waals surface area contributed by atoms with Gasteiger partial charge in [0.25, 0.3) is 5.91 Å². The zero-order chi connectivity index (χ0) is 22.1. The third-order valence-electron chi connectivity index (χ3n) is 4.66. The molecule has 3 rings (SSSR count). The summed E-state index contributed by atoms with van der Waals surface area (Å²) in [6.45, 7) is 3.27. The number of aryl methyl sites for hydroxylation is 1. The Morgan fingerprint density at radius 3 is 2.50 bits per heavy atom. The Morgan fingerprint density at radius 1 is 1.10 bits per heavy atom. The highest BCUT2D eigenvalue weighted by molar-refractivity contribution is 7.89. The van der Waals surface area contributed by atoms with Crippen LogP contribution in [0, 0.1) is 13.8 Å². The number of amides is 1. The first kappa shape index (κ1) is 21.5. The molecule has 1 heterocycles. The van der Waals surface area contributed by atoms with Gasteiger partial charge in [-0.05, 0) is 55.3 Å². The molecule has 2 aromatic carbocycles. The van der Waals surface area contributed by atoms with Gasteiger partial charge in [-0.1, -0.05) is 0 Å². The van der Waals surface area contributed by atoms with E-state index in [0.717, 1.165) is 20.8 Å². The maximum atomic E-state index is 12.4. The Labute approximate surface area is 174 Å². The predicted octanol–water partition coefficient (Wildman–Crippen LogP) is 2.68. The van der Waals surface area contributed by atoms with Crippen LogP contribution in [0.1, 0.15) is 11.1 Å². The molecule has 9 heteroatoms. The van der Waals surface area contributed by atoms with Crippen molar-refractivity contribution in [2.24, 2.45) is 0 Å². The molecule has 3 aromatic rings. The molecule has 0 bridgehead atoms. The van der Waals surface area contributed by atoms with Gasteiger partial charge in [-0.25, -0.2) is 17.5 Å². The van der Waals surface area contributed by atoms with Crippen LogP contribution in [-0.4, -0.2) is 39.3 Å². The van der Waals surface area contributed by atoms with Crippen LogP contribution in [0.5, 0.6) is 5.75 Å². The number of fused-ring (bicyclic) bond motifs is 1. The third kappa shape index (κ3) is 4.52. The number of hydrogen-bond donors (Lipinski definition) is 1. The van der Waals surface area contributed by atoms with Crippen LogP contribution in [0.3, 0.4) is 0 Å². The fraction of sp³-hybridized carbons (Fsp3) is 0.238. The van der Waals surface area contributed by atoms with E-state index in [1.807, 2.05) is 0 Å². The Hall–Kier alpha value is -3.17. The second-order valence-electron chi connectivity index (χ2n) is 6.99. The number of rotatable bonds is 6. The van der Waals surface area contributed by atoms with E-state index in [-0.39, 0.29) is 11.5 Å². The second kappa shape index (κ2) is 8.29. The molecule has 30 heavy (non-hydrogen) atoms. The molecular weight excluding hydrogens is 408 g/mol. The van der Waals surface area contributed by atoms with E-state index in [1.165, 1.54) is 32.3 Å². The zero-order valence-corrected chi connectivity index (χ0v) is 17.9. The van der Waals surface area contributed by atoms with Crippen molar-refractivity contribution in [2.75, 3.05) is 26.0 Å². The highest BCUT2D eigenvalue weighted by Gasteiger charge is 2.20. The largest absolute Gasteiger partial charge is 0.484 e. The van der Waals surface area contributed by atoms with Gasteiger partial charge < -0.3 is 14.5 Å². The Kier molecular flexibility index (Phi) is 5.95. The fourth-order valence-corrected chi connectivity index (χ4v) is 3.80. The quantitative estimate of drug-likeness (QED) is 0.603. The van der Waals surface area contributed by atoms with E-state index in [1.54, 1.807) is 38.1 Å². The first-order valence-electron chi connectivity index (χ1n) is 9.08. The van der Waals surface area contributed by atoms with E-state index in [2.05, 4.69) is 5.32 Å². The van der Waals surface area contributed by atoms with Crippen molar-refractivity contribution in [3.8, 4) is 5.75 Å². The molecule has 0 fully saturated rings. The maximum absolute atomic E-state index is 12.4. The van der Waals surface area contributed by atoms with E-state index >= 15 is 0 Å². The molecule has 0 aliphatic heterocycles. The van der Waals surface area contributed by atoms with Gasteiger partial charge in [0.1, 0.15) is 11.3 Å². The molecule has 1 N–H and O–H groups in total. The highest BCUT2D eigenvalue weighted by Crippen LogP contribution is 2.26. The summed E-state index contributed by atoms with van der Waals surface area (Å²) in [4.78, 5) is 23.8. The molecule has 0 radical (unpaired) electrons. The van der Waals surface area contributed by atoms with Gasteiger partial charge in [0, 0.05) is 37.3 Å². The van der Waals surface area contributed by atoms with Crippen LogP contribution in [0.25, 0.3) is 11.0 Å². The lowest BCUT2D eigenvalue weighted by Gasteiger charge is -2.16. The van der Waals surface area contributed by atoms with Gasteiger partial charge in [0.05, 0.1) is 4.90 Å². The van der Waals surface area contributed by atoms with Crippen LogP contribution < -0.4 is 15.7 Å². The van der Waals surface area contributed by atoms with Crippen molar-refractivity contribution in [1.29, 1.82) is 0 Å². The van der Waals surface area contributed by atoms with Crippen molar-refractivity contribution < 1.29 is 22.4 Å². The average molecular weight is 430 g/mol. The molecule has 1 amide bonds. The third-order valence-corrected chi connectivity index (χ3v) is 6.45. The summed E-state index contributed by atoms with van der Waals surface area (Å²) >= 11 is 0. The van der Waals surface area contributed by atoms with Crippen LogP contribution in [-0.2, 0) is 14.8 Å². The molecule has 0 atom stereocenters. The van der Waals surface area contributed by atoms with E-state index in [9.17, 15) is 18.0 Å². The summed E-state index contributed by atoms with van der Waals surface area (Å²) in [5.41, 5.74) is 1.77. The lowest BCUT2D eigenvalue weighted by molar-refractivity contribution is -0.118. The lowest BCUT2D eigenvalue weighted by atomic mass is 10.1. The maximum Gasteiger partial charge on any atom is 0.336 e. The smallest absolute Gasteiger partial charge is 0.336 e. The van der Waals surface area contributed by atoms with Gasteiger partial charge >= 0.3 is 5.63 Å². The summed E-state index contributed by atoms with van der Waals surface area (Å²) in [5, 5.41) is 3.43. The topological polar surface area (TPSA) is 106 Å². The minimum atomic E-state index is -3.64. The predicted molar refractivity (Wildman–Crippen MR) is 113 cm³/mol. The normalized spacial score (nSPS) is 11.6. The second-order valence-corrected chi connectivity index (χ2v) is 9.14. The Balaban J connectivity index is 1.76. The summed E-state index contributed by atoms with van der Waals surface area (Å²) in [5.74, 6) is -0.0876. The van der Waals surface area contributed by atoms with Gasteiger partial charge in [-0.15, -0.1) is 0 Å².